The van der Waals surface area contributed by atoms with E-state index in [1.807, 2.05) is 6.92 Å². The van der Waals surface area contributed by atoms with E-state index in [2.05, 4.69) is 18.7 Å². The number of fused-ring (bicyclic) bond motifs is 2. The third kappa shape index (κ3) is 3.29. The van der Waals surface area contributed by atoms with Crippen LogP contribution in [0.15, 0.2) is 0 Å². The molecule has 2 bridgehead atoms. The first-order valence-corrected chi connectivity index (χ1v) is 7.49. The fourth-order valence-corrected chi connectivity index (χ4v) is 3.61. The third-order valence-corrected chi connectivity index (χ3v) is 5.19. The van der Waals surface area contributed by atoms with Crippen molar-refractivity contribution in [2.75, 3.05) is 6.54 Å². The van der Waals surface area contributed by atoms with Gasteiger partial charge in [-0.3, -0.25) is 9.69 Å². The smallest absolute Gasteiger partial charge is 0.303 e. The summed E-state index contributed by atoms with van der Waals surface area (Å²) in [6.45, 7) is 6.75. The van der Waals surface area contributed by atoms with Crippen molar-refractivity contribution in [3.8, 4) is 0 Å². The maximum Gasteiger partial charge on any atom is 0.303 e. The molecule has 4 nitrogen and oxygen atoms in total. The van der Waals surface area contributed by atoms with Crippen LogP contribution in [0.3, 0.4) is 0 Å². The van der Waals surface area contributed by atoms with Gasteiger partial charge in [-0.25, -0.2) is 0 Å². The maximum absolute atomic E-state index is 10.8. The van der Waals surface area contributed by atoms with E-state index < -0.39 is 11.6 Å². The zero-order chi connectivity index (χ0) is 14.2. The van der Waals surface area contributed by atoms with Gasteiger partial charge in [0.15, 0.2) is 0 Å². The van der Waals surface area contributed by atoms with Crippen LogP contribution in [-0.2, 0) is 4.79 Å². The van der Waals surface area contributed by atoms with Crippen molar-refractivity contribution in [1.29, 1.82) is 0 Å². The van der Waals surface area contributed by atoms with Gasteiger partial charge in [0.2, 0.25) is 0 Å². The molecule has 0 spiro atoms. The van der Waals surface area contributed by atoms with Gasteiger partial charge in [-0.1, -0.05) is 13.8 Å². The van der Waals surface area contributed by atoms with Crippen molar-refractivity contribution < 1.29 is 15.0 Å². The van der Waals surface area contributed by atoms with Gasteiger partial charge < -0.3 is 10.2 Å². The highest BCUT2D eigenvalue weighted by Gasteiger charge is 2.43. The summed E-state index contributed by atoms with van der Waals surface area (Å²) in [7, 11) is 0. The molecule has 0 aromatic rings. The van der Waals surface area contributed by atoms with Crippen LogP contribution in [0, 0.1) is 11.8 Å². The average molecular weight is 269 g/mol. The lowest BCUT2D eigenvalue weighted by molar-refractivity contribution is -0.138. The summed E-state index contributed by atoms with van der Waals surface area (Å²) in [6, 6.07) is 0.960. The first-order valence-electron chi connectivity index (χ1n) is 7.49. The monoisotopic (exact) mass is 269 g/mol. The predicted octanol–water partition coefficient (Wildman–Crippen LogP) is 2.11. The number of aliphatic hydroxyl groups is 1. The lowest BCUT2D eigenvalue weighted by Gasteiger charge is -2.43. The summed E-state index contributed by atoms with van der Waals surface area (Å²) in [5.74, 6) is -0.106. The summed E-state index contributed by atoms with van der Waals surface area (Å²) >= 11 is 0. The standard InChI is InChI=1S/C15H27NO3/c1-10(2)15(3,19)9-16-12-4-5-13(16)7-11(6-12)8-14(17)18/h10-13,19H,4-9H2,1-3H3,(H,17,18). The van der Waals surface area contributed by atoms with E-state index in [4.69, 9.17) is 5.11 Å². The van der Waals surface area contributed by atoms with Crippen LogP contribution in [0.2, 0.25) is 0 Å². The number of carboxylic acid groups (broad SMARTS) is 1. The lowest BCUT2D eigenvalue weighted by atomic mass is 9.85. The SMILES string of the molecule is CC(C)C(C)(O)CN1C2CCC1CC(CC(=O)O)C2. The zero-order valence-electron chi connectivity index (χ0n) is 12.3. The number of nitrogens with zero attached hydrogens (tertiary/aromatic N) is 1. The van der Waals surface area contributed by atoms with Crippen LogP contribution in [0.25, 0.3) is 0 Å². The van der Waals surface area contributed by atoms with Crippen molar-refractivity contribution >= 4 is 5.97 Å². The minimum atomic E-state index is -0.674. The summed E-state index contributed by atoms with van der Waals surface area (Å²) in [4.78, 5) is 13.3. The lowest BCUT2D eigenvalue weighted by Crippen LogP contribution is -2.52. The van der Waals surface area contributed by atoms with Gasteiger partial charge in [0.05, 0.1) is 5.60 Å². The Balaban J connectivity index is 1.98. The third-order valence-electron chi connectivity index (χ3n) is 5.19. The molecule has 3 atom stereocenters. The second-order valence-electron chi connectivity index (χ2n) is 7.00. The quantitative estimate of drug-likeness (QED) is 0.802. The Morgan fingerprint density at radius 2 is 1.84 bits per heavy atom. The molecule has 2 N–H and O–H groups in total. The number of rotatable bonds is 5. The van der Waals surface area contributed by atoms with Crippen LogP contribution in [0.5, 0.6) is 0 Å². The number of hydrogen-bond donors (Lipinski definition) is 2. The second kappa shape index (κ2) is 5.41. The van der Waals surface area contributed by atoms with Gasteiger partial charge in [-0.15, -0.1) is 0 Å². The average Bonchev–Trinajstić information content (AvgIpc) is 2.52. The fourth-order valence-electron chi connectivity index (χ4n) is 3.61. The molecular formula is C15H27NO3. The van der Waals surface area contributed by atoms with Crippen molar-refractivity contribution in [3.05, 3.63) is 0 Å². The van der Waals surface area contributed by atoms with Gasteiger partial charge in [-0.05, 0) is 44.4 Å². The van der Waals surface area contributed by atoms with Crippen LogP contribution in [0.4, 0.5) is 0 Å². The van der Waals surface area contributed by atoms with E-state index in [0.29, 0.717) is 24.4 Å². The second-order valence-corrected chi connectivity index (χ2v) is 7.00. The van der Waals surface area contributed by atoms with Crippen molar-refractivity contribution in [2.45, 2.75) is 70.6 Å². The van der Waals surface area contributed by atoms with Crippen molar-refractivity contribution in [1.82, 2.24) is 4.90 Å². The molecule has 0 saturated carbocycles. The van der Waals surface area contributed by atoms with Gasteiger partial charge in [-0.2, -0.15) is 0 Å². The molecule has 110 valence electrons. The number of carbonyl (C=O) groups is 1. The fraction of sp³-hybridized carbons (Fsp3) is 0.933. The van der Waals surface area contributed by atoms with Crippen molar-refractivity contribution in [3.63, 3.8) is 0 Å². The largest absolute Gasteiger partial charge is 0.481 e. The highest BCUT2D eigenvalue weighted by Crippen LogP contribution is 2.41. The number of aliphatic carboxylic acids is 1. The van der Waals surface area contributed by atoms with Crippen LogP contribution in [-0.4, -0.2) is 45.3 Å². The number of piperidine rings is 1. The summed E-state index contributed by atoms with van der Waals surface area (Å²) in [6.07, 6.45) is 4.60. The zero-order valence-corrected chi connectivity index (χ0v) is 12.3. The molecule has 2 heterocycles. The molecular weight excluding hydrogens is 242 g/mol. The molecule has 4 heteroatoms. The van der Waals surface area contributed by atoms with E-state index in [1.165, 1.54) is 0 Å². The summed E-state index contributed by atoms with van der Waals surface area (Å²) in [5, 5.41) is 19.4. The molecule has 19 heavy (non-hydrogen) atoms. The Morgan fingerprint density at radius 3 is 2.26 bits per heavy atom. The van der Waals surface area contributed by atoms with E-state index >= 15 is 0 Å². The topological polar surface area (TPSA) is 60.8 Å². The van der Waals surface area contributed by atoms with Gasteiger partial charge in [0.1, 0.15) is 0 Å². The Kier molecular flexibility index (Phi) is 4.21. The molecule has 0 aromatic heterocycles. The molecule has 2 saturated heterocycles. The minimum absolute atomic E-state index is 0.239. The van der Waals surface area contributed by atoms with E-state index in [0.717, 1.165) is 32.2 Å². The Hall–Kier alpha value is -0.610. The van der Waals surface area contributed by atoms with E-state index in [-0.39, 0.29) is 5.92 Å². The Labute approximate surface area is 115 Å². The molecule has 0 radical (unpaired) electrons. The van der Waals surface area contributed by atoms with Crippen LogP contribution < -0.4 is 0 Å². The van der Waals surface area contributed by atoms with Crippen LogP contribution in [0.1, 0.15) is 52.9 Å². The first kappa shape index (κ1) is 14.8. The molecule has 0 aromatic carbocycles. The van der Waals surface area contributed by atoms with Gasteiger partial charge >= 0.3 is 5.97 Å². The first-order chi connectivity index (χ1) is 8.79. The van der Waals surface area contributed by atoms with Crippen LogP contribution >= 0.6 is 0 Å². The Morgan fingerprint density at radius 1 is 1.32 bits per heavy atom. The number of carboxylic acids is 1. The Bertz CT molecular complexity index is 326. The number of hydrogen-bond acceptors (Lipinski definition) is 3. The predicted molar refractivity (Wildman–Crippen MR) is 74.0 cm³/mol. The van der Waals surface area contributed by atoms with Gasteiger partial charge in [0.25, 0.3) is 0 Å². The van der Waals surface area contributed by atoms with Crippen molar-refractivity contribution in [2.24, 2.45) is 11.8 Å². The molecule has 2 fully saturated rings. The van der Waals surface area contributed by atoms with Gasteiger partial charge in [0, 0.05) is 25.0 Å². The summed E-state index contributed by atoms with van der Waals surface area (Å²) in [5.41, 5.74) is -0.652. The summed E-state index contributed by atoms with van der Waals surface area (Å²) < 4.78 is 0. The minimum Gasteiger partial charge on any atom is -0.481 e. The molecule has 2 aliphatic heterocycles. The molecule has 0 amide bonds. The normalized spacial score (nSPS) is 34.5. The highest BCUT2D eigenvalue weighted by atomic mass is 16.4. The van der Waals surface area contributed by atoms with E-state index in [9.17, 15) is 9.90 Å². The molecule has 2 rings (SSSR count). The highest BCUT2D eigenvalue weighted by molar-refractivity contribution is 5.67. The van der Waals surface area contributed by atoms with E-state index in [1.54, 1.807) is 0 Å². The molecule has 3 unspecified atom stereocenters. The molecule has 2 aliphatic rings. The maximum atomic E-state index is 10.8. The molecule has 0 aliphatic carbocycles.